The molecule has 0 amide bonds. The van der Waals surface area contributed by atoms with Crippen LogP contribution in [0.1, 0.15) is 88.0 Å². The summed E-state index contributed by atoms with van der Waals surface area (Å²) in [4.78, 5) is 16.5. The molecule has 5 aliphatic rings. The summed E-state index contributed by atoms with van der Waals surface area (Å²) in [5.41, 5.74) is 1.70. The highest BCUT2D eigenvalue weighted by molar-refractivity contribution is 5.11. The van der Waals surface area contributed by atoms with E-state index in [1.54, 1.807) is 0 Å². The summed E-state index contributed by atoms with van der Waals surface area (Å²) in [6, 6.07) is 1.60. The second-order valence-corrected chi connectivity index (χ2v) is 18.8. The fraction of sp³-hybridized carbons (Fsp3) is 1.00. The van der Waals surface area contributed by atoms with Gasteiger partial charge in [-0.3, -0.25) is 14.7 Å². The molecule has 0 aromatic rings. The average molecular weight is 587 g/mol. The van der Waals surface area contributed by atoms with Crippen molar-refractivity contribution >= 4 is 0 Å². The summed E-state index contributed by atoms with van der Waals surface area (Å²) in [6.45, 7) is 40.3. The monoisotopic (exact) mass is 587 g/mol. The van der Waals surface area contributed by atoms with Crippen molar-refractivity contribution in [1.29, 1.82) is 0 Å². The van der Waals surface area contributed by atoms with Crippen LogP contribution in [0.4, 0.5) is 0 Å². The summed E-state index contributed by atoms with van der Waals surface area (Å²) < 4.78 is 0. The van der Waals surface area contributed by atoms with Gasteiger partial charge in [-0.2, -0.15) is 0 Å². The Morgan fingerprint density at radius 2 is 1.14 bits per heavy atom. The van der Waals surface area contributed by atoms with E-state index in [1.165, 1.54) is 117 Å². The first-order valence-corrected chi connectivity index (χ1v) is 17.9. The van der Waals surface area contributed by atoms with Gasteiger partial charge in [0.15, 0.2) is 0 Å². The lowest BCUT2D eigenvalue weighted by atomic mass is 9.68. The van der Waals surface area contributed by atoms with Gasteiger partial charge in [0.2, 0.25) is 0 Å². The number of hydrogen-bond donors (Lipinski definition) is 0. The zero-order valence-electron chi connectivity index (χ0n) is 29.7. The smallest absolute Gasteiger partial charge is 0.0212 e. The van der Waals surface area contributed by atoms with Crippen LogP contribution in [0.25, 0.3) is 0 Å². The summed E-state index contributed by atoms with van der Waals surface area (Å²) in [7, 11) is 2.27. The zero-order chi connectivity index (χ0) is 30.5. The maximum Gasteiger partial charge on any atom is 0.0212 e. The quantitative estimate of drug-likeness (QED) is 0.380. The lowest BCUT2D eigenvalue weighted by Gasteiger charge is -2.66. The maximum absolute atomic E-state index is 2.86. The van der Waals surface area contributed by atoms with Crippen LogP contribution in [0, 0.1) is 28.1 Å². The van der Waals surface area contributed by atoms with Crippen molar-refractivity contribution < 1.29 is 0 Å². The molecule has 0 aliphatic carbocycles. The predicted octanol–water partition coefficient (Wildman–Crippen LogP) is 4.90. The topological polar surface area (TPSA) is 19.4 Å². The summed E-state index contributed by atoms with van der Waals surface area (Å²) in [5.74, 6) is 1.58. The van der Waals surface area contributed by atoms with Gasteiger partial charge in [0.05, 0.1) is 0 Å². The lowest BCUT2D eigenvalue weighted by Crippen LogP contribution is -2.77. The zero-order valence-corrected chi connectivity index (χ0v) is 29.7. The molecule has 0 aromatic heterocycles. The summed E-state index contributed by atoms with van der Waals surface area (Å²) >= 11 is 0. The minimum absolute atomic E-state index is 0.316. The number of likely N-dealkylation sites (tertiary alicyclic amines) is 4. The number of piperidine rings is 2. The standard InChI is InChI=1S/C36H70N6/c1-29-22-39(16-11-31(29)40-19-17-37(10)18-20-40)24-34(6,7)13-14-35(8,9)42-27-36(28-42)25-41(26-36)32-12-15-38(21-30(32)2)23-33(3,4)5/h29-32H,11-28H2,1-10H3/t29-,30+,31?,32?/m1/s1. The Kier molecular flexibility index (Phi) is 9.87. The third kappa shape index (κ3) is 7.94. The molecule has 5 heterocycles. The number of nitrogens with zero attached hydrogens (tertiary/aromatic N) is 6. The molecule has 5 fully saturated rings. The van der Waals surface area contributed by atoms with E-state index in [1.807, 2.05) is 0 Å². The van der Waals surface area contributed by atoms with Crippen molar-refractivity contribution in [3.63, 3.8) is 0 Å². The van der Waals surface area contributed by atoms with Gasteiger partial charge in [-0.1, -0.05) is 48.5 Å². The first-order chi connectivity index (χ1) is 19.5. The third-order valence-corrected chi connectivity index (χ3v) is 12.1. The largest absolute Gasteiger partial charge is 0.304 e. The summed E-state index contributed by atoms with van der Waals surface area (Å²) in [5, 5.41) is 0. The van der Waals surface area contributed by atoms with Crippen LogP contribution >= 0.6 is 0 Å². The Bertz CT molecular complexity index is 872. The molecule has 5 saturated heterocycles. The molecule has 6 nitrogen and oxygen atoms in total. The minimum atomic E-state index is 0.316. The van der Waals surface area contributed by atoms with Crippen LogP contribution in [0.3, 0.4) is 0 Å². The van der Waals surface area contributed by atoms with Gasteiger partial charge < -0.3 is 14.7 Å². The van der Waals surface area contributed by atoms with E-state index in [0.717, 1.165) is 23.9 Å². The van der Waals surface area contributed by atoms with Crippen molar-refractivity contribution in [2.75, 3.05) is 98.7 Å². The SMILES string of the molecule is C[C@@H]1CN(CC(C)(C)CCC(C)(C)N2CC3(CN(C4CCN(CC(C)(C)C)C[C@@H]4C)C3)C2)CCC1N1CCN(C)CC1. The molecule has 244 valence electrons. The Morgan fingerprint density at radius 1 is 0.619 bits per heavy atom. The van der Waals surface area contributed by atoms with E-state index in [0.29, 0.717) is 21.8 Å². The first-order valence-electron chi connectivity index (χ1n) is 17.9. The number of likely N-dealkylation sites (N-methyl/N-ethyl adjacent to an activating group) is 1. The first kappa shape index (κ1) is 33.1. The molecule has 2 unspecified atom stereocenters. The normalized spacial score (nSPS) is 33.6. The van der Waals surface area contributed by atoms with E-state index in [9.17, 15) is 0 Å². The number of hydrogen-bond acceptors (Lipinski definition) is 6. The molecular formula is C36H70N6. The highest BCUT2D eigenvalue weighted by Crippen LogP contribution is 2.46. The molecule has 42 heavy (non-hydrogen) atoms. The van der Waals surface area contributed by atoms with E-state index >= 15 is 0 Å². The van der Waals surface area contributed by atoms with Crippen molar-refractivity contribution in [3.8, 4) is 0 Å². The van der Waals surface area contributed by atoms with Crippen molar-refractivity contribution in [3.05, 3.63) is 0 Å². The van der Waals surface area contributed by atoms with Crippen LogP contribution in [0.15, 0.2) is 0 Å². The van der Waals surface area contributed by atoms with Gasteiger partial charge in [0.1, 0.15) is 0 Å². The molecule has 5 rings (SSSR count). The highest BCUT2D eigenvalue weighted by Gasteiger charge is 2.56. The van der Waals surface area contributed by atoms with Gasteiger partial charge in [0.25, 0.3) is 0 Å². The van der Waals surface area contributed by atoms with Crippen LogP contribution in [0.5, 0.6) is 0 Å². The van der Waals surface area contributed by atoms with Gasteiger partial charge in [0, 0.05) is 102 Å². The summed E-state index contributed by atoms with van der Waals surface area (Å²) in [6.07, 6.45) is 5.36. The van der Waals surface area contributed by atoms with Crippen LogP contribution in [0.2, 0.25) is 0 Å². The second kappa shape index (κ2) is 12.5. The maximum atomic E-state index is 2.86. The van der Waals surface area contributed by atoms with Gasteiger partial charge >= 0.3 is 0 Å². The Balaban J connectivity index is 1.01. The fourth-order valence-corrected chi connectivity index (χ4v) is 9.56. The molecule has 0 aromatic carbocycles. The van der Waals surface area contributed by atoms with Gasteiger partial charge in [-0.05, 0) is 82.3 Å². The molecule has 0 bridgehead atoms. The Labute approximate surface area is 261 Å². The molecular weight excluding hydrogens is 516 g/mol. The van der Waals surface area contributed by atoms with Gasteiger partial charge in [-0.15, -0.1) is 0 Å². The minimum Gasteiger partial charge on any atom is -0.304 e. The van der Waals surface area contributed by atoms with Crippen molar-refractivity contribution in [1.82, 2.24) is 29.4 Å². The van der Waals surface area contributed by atoms with Crippen molar-refractivity contribution in [2.45, 2.75) is 106 Å². The van der Waals surface area contributed by atoms with Crippen LogP contribution in [-0.2, 0) is 0 Å². The van der Waals surface area contributed by atoms with E-state index in [2.05, 4.69) is 98.8 Å². The molecule has 0 saturated carbocycles. The van der Waals surface area contributed by atoms with Gasteiger partial charge in [-0.25, -0.2) is 0 Å². The van der Waals surface area contributed by atoms with E-state index in [4.69, 9.17) is 0 Å². The van der Waals surface area contributed by atoms with E-state index < -0.39 is 0 Å². The molecule has 5 aliphatic heterocycles. The number of rotatable bonds is 9. The highest BCUT2D eigenvalue weighted by atomic mass is 15.4. The third-order valence-electron chi connectivity index (χ3n) is 12.1. The molecule has 0 N–H and O–H groups in total. The molecule has 0 radical (unpaired) electrons. The van der Waals surface area contributed by atoms with Crippen LogP contribution in [-0.4, -0.2) is 146 Å². The Hall–Kier alpha value is -0.240. The van der Waals surface area contributed by atoms with E-state index in [-0.39, 0.29) is 0 Å². The second-order valence-electron chi connectivity index (χ2n) is 18.8. The fourth-order valence-electron chi connectivity index (χ4n) is 9.56. The molecule has 4 atom stereocenters. The van der Waals surface area contributed by atoms with Crippen LogP contribution < -0.4 is 0 Å². The molecule has 6 heteroatoms. The number of piperazine rings is 1. The van der Waals surface area contributed by atoms with Crippen molar-refractivity contribution in [2.24, 2.45) is 28.1 Å². The average Bonchev–Trinajstić information content (AvgIpc) is 2.82. The molecule has 1 spiro atoms. The Morgan fingerprint density at radius 3 is 1.67 bits per heavy atom. The lowest BCUT2D eigenvalue weighted by molar-refractivity contribution is -0.171. The predicted molar refractivity (Wildman–Crippen MR) is 179 cm³/mol.